The maximum atomic E-state index is 8.65. The Labute approximate surface area is 109 Å². The largest absolute Gasteiger partial charge is 0.490 e. The summed E-state index contributed by atoms with van der Waals surface area (Å²) in [6, 6.07) is 9.78. The standard InChI is InChI=1S/C14H20N2O2/c1-3-16(10-9-15)11-12-18-14-8-6-5-7-13(14)17-4-2/h5-8H,3-4,10-12H2,1-2H3. The van der Waals surface area contributed by atoms with Crippen LogP contribution in [-0.2, 0) is 0 Å². The molecule has 4 nitrogen and oxygen atoms in total. The zero-order chi connectivity index (χ0) is 13.2. The molecular weight excluding hydrogens is 228 g/mol. The van der Waals surface area contributed by atoms with Gasteiger partial charge in [0.25, 0.3) is 0 Å². The second-order valence-electron chi connectivity index (χ2n) is 3.76. The molecule has 4 heteroatoms. The molecule has 0 saturated heterocycles. The molecule has 0 bridgehead atoms. The Balaban J connectivity index is 2.45. The van der Waals surface area contributed by atoms with Gasteiger partial charge in [0.2, 0.25) is 0 Å². The van der Waals surface area contributed by atoms with E-state index in [-0.39, 0.29) is 0 Å². The van der Waals surface area contributed by atoms with Crippen molar-refractivity contribution in [2.24, 2.45) is 0 Å². The van der Waals surface area contributed by atoms with Crippen molar-refractivity contribution >= 4 is 0 Å². The molecular formula is C14H20N2O2. The molecule has 18 heavy (non-hydrogen) atoms. The Morgan fingerprint density at radius 1 is 1.17 bits per heavy atom. The summed E-state index contributed by atoms with van der Waals surface area (Å²) in [5, 5.41) is 8.65. The third kappa shape index (κ3) is 4.64. The molecule has 0 amide bonds. The Bertz CT molecular complexity index is 388. The van der Waals surface area contributed by atoms with Gasteiger partial charge in [0, 0.05) is 6.54 Å². The third-order valence-corrected chi connectivity index (χ3v) is 2.56. The van der Waals surface area contributed by atoms with Crippen molar-refractivity contribution in [1.29, 1.82) is 5.26 Å². The minimum atomic E-state index is 0.437. The van der Waals surface area contributed by atoms with Crippen molar-refractivity contribution in [1.82, 2.24) is 4.90 Å². The second kappa shape index (κ2) is 8.37. The van der Waals surface area contributed by atoms with Crippen molar-refractivity contribution in [2.75, 3.05) is 32.8 Å². The van der Waals surface area contributed by atoms with Crippen LogP contribution >= 0.6 is 0 Å². The van der Waals surface area contributed by atoms with Crippen LogP contribution in [0.4, 0.5) is 0 Å². The third-order valence-electron chi connectivity index (χ3n) is 2.56. The quantitative estimate of drug-likeness (QED) is 0.662. The van der Waals surface area contributed by atoms with Gasteiger partial charge in [-0.3, -0.25) is 4.90 Å². The summed E-state index contributed by atoms with van der Waals surface area (Å²) >= 11 is 0. The molecule has 0 aliphatic rings. The fourth-order valence-corrected chi connectivity index (χ4v) is 1.58. The number of hydrogen-bond acceptors (Lipinski definition) is 4. The first-order valence-electron chi connectivity index (χ1n) is 6.25. The van der Waals surface area contributed by atoms with E-state index in [9.17, 15) is 0 Å². The van der Waals surface area contributed by atoms with Gasteiger partial charge in [-0.15, -0.1) is 0 Å². The highest BCUT2D eigenvalue weighted by Crippen LogP contribution is 2.26. The number of benzene rings is 1. The summed E-state index contributed by atoms with van der Waals surface area (Å²) in [6.45, 7) is 7.19. The molecule has 1 aromatic rings. The molecule has 0 aromatic heterocycles. The fourth-order valence-electron chi connectivity index (χ4n) is 1.58. The number of nitriles is 1. The molecule has 0 atom stereocenters. The lowest BCUT2D eigenvalue weighted by atomic mass is 10.3. The highest BCUT2D eigenvalue weighted by atomic mass is 16.5. The van der Waals surface area contributed by atoms with E-state index in [1.54, 1.807) is 0 Å². The number of hydrogen-bond donors (Lipinski definition) is 0. The molecule has 0 saturated carbocycles. The molecule has 1 aromatic carbocycles. The van der Waals surface area contributed by atoms with Crippen LogP contribution in [-0.4, -0.2) is 37.7 Å². The number of nitrogens with zero attached hydrogens (tertiary/aromatic N) is 2. The average Bonchev–Trinajstić information content (AvgIpc) is 2.40. The first kappa shape index (κ1) is 14.3. The van der Waals surface area contributed by atoms with Gasteiger partial charge in [0.1, 0.15) is 6.61 Å². The molecule has 0 unspecified atom stereocenters. The Morgan fingerprint density at radius 3 is 2.39 bits per heavy atom. The van der Waals surface area contributed by atoms with E-state index >= 15 is 0 Å². The molecule has 0 aliphatic heterocycles. The molecule has 98 valence electrons. The van der Waals surface area contributed by atoms with Gasteiger partial charge >= 0.3 is 0 Å². The van der Waals surface area contributed by atoms with Crippen molar-refractivity contribution in [3.05, 3.63) is 24.3 Å². The second-order valence-corrected chi connectivity index (χ2v) is 3.76. The van der Waals surface area contributed by atoms with E-state index in [0.29, 0.717) is 19.8 Å². The topological polar surface area (TPSA) is 45.5 Å². The van der Waals surface area contributed by atoms with Gasteiger partial charge in [-0.05, 0) is 25.6 Å². The van der Waals surface area contributed by atoms with Crippen LogP contribution in [0, 0.1) is 11.3 Å². The molecule has 0 heterocycles. The molecule has 0 radical (unpaired) electrons. The lowest BCUT2D eigenvalue weighted by molar-refractivity contribution is 0.221. The van der Waals surface area contributed by atoms with E-state index in [4.69, 9.17) is 14.7 Å². The summed E-state index contributed by atoms with van der Waals surface area (Å²) in [5.41, 5.74) is 0. The zero-order valence-electron chi connectivity index (χ0n) is 11.1. The summed E-state index contributed by atoms with van der Waals surface area (Å²) in [4.78, 5) is 2.03. The lowest BCUT2D eigenvalue weighted by Crippen LogP contribution is -2.28. The van der Waals surface area contributed by atoms with Crippen molar-refractivity contribution in [3.8, 4) is 17.6 Å². The fraction of sp³-hybridized carbons (Fsp3) is 0.500. The van der Waals surface area contributed by atoms with Gasteiger partial charge in [0.15, 0.2) is 11.5 Å². The van der Waals surface area contributed by atoms with Crippen molar-refractivity contribution in [2.45, 2.75) is 13.8 Å². The van der Waals surface area contributed by atoms with Crippen LogP contribution in [0.25, 0.3) is 0 Å². The SMILES string of the molecule is CCOc1ccccc1OCCN(CC)CC#N. The van der Waals surface area contributed by atoms with E-state index < -0.39 is 0 Å². The van der Waals surface area contributed by atoms with Crippen LogP contribution in [0.1, 0.15) is 13.8 Å². The Morgan fingerprint density at radius 2 is 1.83 bits per heavy atom. The van der Waals surface area contributed by atoms with Crippen LogP contribution in [0.15, 0.2) is 24.3 Å². The van der Waals surface area contributed by atoms with Crippen LogP contribution in [0.5, 0.6) is 11.5 Å². The van der Waals surface area contributed by atoms with Gasteiger partial charge in [-0.25, -0.2) is 0 Å². The van der Waals surface area contributed by atoms with Crippen molar-refractivity contribution in [3.63, 3.8) is 0 Å². The first-order chi connectivity index (χ1) is 8.81. The normalized spacial score (nSPS) is 10.1. The average molecular weight is 248 g/mol. The highest BCUT2D eigenvalue weighted by molar-refractivity contribution is 5.39. The van der Waals surface area contributed by atoms with Gasteiger partial charge in [-0.2, -0.15) is 5.26 Å². The summed E-state index contributed by atoms with van der Waals surface area (Å²) in [7, 11) is 0. The molecule has 1 rings (SSSR count). The summed E-state index contributed by atoms with van der Waals surface area (Å²) in [6.07, 6.45) is 0. The number of ether oxygens (including phenoxy) is 2. The minimum Gasteiger partial charge on any atom is -0.490 e. The highest BCUT2D eigenvalue weighted by Gasteiger charge is 2.05. The molecule has 0 spiro atoms. The maximum Gasteiger partial charge on any atom is 0.161 e. The van der Waals surface area contributed by atoms with Crippen LogP contribution in [0.3, 0.4) is 0 Å². The zero-order valence-corrected chi connectivity index (χ0v) is 11.1. The van der Waals surface area contributed by atoms with Gasteiger partial charge < -0.3 is 9.47 Å². The molecule has 0 fully saturated rings. The minimum absolute atomic E-state index is 0.437. The predicted molar refractivity (Wildman–Crippen MR) is 70.8 cm³/mol. The smallest absolute Gasteiger partial charge is 0.161 e. The molecule has 0 N–H and O–H groups in total. The Kier molecular flexibility index (Phi) is 6.67. The number of rotatable bonds is 8. The van der Waals surface area contributed by atoms with Crippen LogP contribution in [0.2, 0.25) is 0 Å². The van der Waals surface area contributed by atoms with E-state index in [1.165, 1.54) is 0 Å². The van der Waals surface area contributed by atoms with Crippen LogP contribution < -0.4 is 9.47 Å². The predicted octanol–water partition coefficient (Wildman–Crippen LogP) is 2.31. The van der Waals surface area contributed by atoms with Gasteiger partial charge in [-0.1, -0.05) is 19.1 Å². The Hall–Kier alpha value is -1.73. The maximum absolute atomic E-state index is 8.65. The monoisotopic (exact) mass is 248 g/mol. The van der Waals surface area contributed by atoms with E-state index in [0.717, 1.165) is 24.6 Å². The lowest BCUT2D eigenvalue weighted by Gasteiger charge is -2.17. The van der Waals surface area contributed by atoms with E-state index in [1.807, 2.05) is 43.0 Å². The van der Waals surface area contributed by atoms with Gasteiger partial charge in [0.05, 0.1) is 19.2 Å². The summed E-state index contributed by atoms with van der Waals surface area (Å²) in [5.74, 6) is 1.52. The molecule has 0 aliphatic carbocycles. The van der Waals surface area contributed by atoms with E-state index in [2.05, 4.69) is 6.07 Å². The van der Waals surface area contributed by atoms with Crippen molar-refractivity contribution < 1.29 is 9.47 Å². The summed E-state index contributed by atoms with van der Waals surface area (Å²) < 4.78 is 11.2. The number of likely N-dealkylation sites (N-methyl/N-ethyl adjacent to an activating group) is 1. The first-order valence-corrected chi connectivity index (χ1v) is 6.25. The number of para-hydroxylation sites is 2.